The third kappa shape index (κ3) is 5.92. The highest BCUT2D eigenvalue weighted by molar-refractivity contribution is 7.89. The fourth-order valence-electron chi connectivity index (χ4n) is 3.77. The van der Waals surface area contributed by atoms with Crippen LogP contribution in [0.1, 0.15) is 38.2 Å². The summed E-state index contributed by atoms with van der Waals surface area (Å²) in [4.78, 5) is 24.3. The molecule has 0 saturated carbocycles. The standard InChI is InChI=1S/C23H28FN3O4S/c1-2-17-6-10-19(11-7-17)26-23(29)22(28)25-15-14-20-5-3-4-16-27(20)32(30,31)21-12-8-18(24)9-13-21/h6-13,20H,2-5,14-16H2,1H3,(H,25,28)(H,26,29)/t20-/m0/s1. The van der Waals surface area contributed by atoms with Crippen LogP contribution in [0.5, 0.6) is 0 Å². The molecule has 2 amide bonds. The smallest absolute Gasteiger partial charge is 0.313 e. The van der Waals surface area contributed by atoms with E-state index in [1.165, 1.54) is 16.4 Å². The molecule has 0 radical (unpaired) electrons. The molecule has 2 aromatic carbocycles. The summed E-state index contributed by atoms with van der Waals surface area (Å²) in [5, 5.41) is 5.12. The minimum absolute atomic E-state index is 0.0447. The minimum Gasteiger partial charge on any atom is -0.348 e. The molecule has 0 bridgehead atoms. The Balaban J connectivity index is 1.55. The topological polar surface area (TPSA) is 95.6 Å². The van der Waals surface area contributed by atoms with E-state index < -0.39 is 27.7 Å². The van der Waals surface area contributed by atoms with Gasteiger partial charge in [-0.3, -0.25) is 9.59 Å². The van der Waals surface area contributed by atoms with E-state index in [1.807, 2.05) is 19.1 Å². The predicted molar refractivity (Wildman–Crippen MR) is 120 cm³/mol. The van der Waals surface area contributed by atoms with Crippen molar-refractivity contribution in [2.24, 2.45) is 0 Å². The third-order valence-electron chi connectivity index (χ3n) is 5.58. The fourth-order valence-corrected chi connectivity index (χ4v) is 5.49. The van der Waals surface area contributed by atoms with Crippen LogP contribution in [0.4, 0.5) is 10.1 Å². The molecular weight excluding hydrogens is 433 g/mol. The number of rotatable bonds is 7. The van der Waals surface area contributed by atoms with Gasteiger partial charge in [-0.25, -0.2) is 12.8 Å². The highest BCUT2D eigenvalue weighted by Crippen LogP contribution is 2.27. The Morgan fingerprint density at radius 1 is 1.03 bits per heavy atom. The number of carbonyl (C=O) groups is 2. The highest BCUT2D eigenvalue weighted by Gasteiger charge is 2.33. The van der Waals surface area contributed by atoms with Crippen molar-refractivity contribution in [3.63, 3.8) is 0 Å². The number of carbonyl (C=O) groups excluding carboxylic acids is 2. The number of anilines is 1. The molecular formula is C23H28FN3O4S. The van der Waals surface area contributed by atoms with Crippen LogP contribution in [0.3, 0.4) is 0 Å². The van der Waals surface area contributed by atoms with Crippen molar-refractivity contribution in [2.45, 2.75) is 50.0 Å². The molecule has 2 N–H and O–H groups in total. The molecule has 1 atom stereocenters. The number of benzene rings is 2. The summed E-state index contributed by atoms with van der Waals surface area (Å²) in [6, 6.07) is 11.7. The molecule has 1 saturated heterocycles. The van der Waals surface area contributed by atoms with Gasteiger partial charge in [0.1, 0.15) is 5.82 Å². The monoisotopic (exact) mass is 461 g/mol. The van der Waals surface area contributed by atoms with Crippen molar-refractivity contribution < 1.29 is 22.4 Å². The largest absolute Gasteiger partial charge is 0.348 e. The summed E-state index contributed by atoms with van der Waals surface area (Å²) in [7, 11) is -3.77. The molecule has 0 aromatic heterocycles. The quantitative estimate of drug-likeness (QED) is 0.620. The van der Waals surface area contributed by atoms with E-state index in [9.17, 15) is 22.4 Å². The number of piperidine rings is 1. The Morgan fingerprint density at radius 3 is 2.38 bits per heavy atom. The van der Waals surface area contributed by atoms with E-state index in [2.05, 4.69) is 10.6 Å². The van der Waals surface area contributed by atoms with Gasteiger partial charge in [-0.2, -0.15) is 4.31 Å². The van der Waals surface area contributed by atoms with E-state index in [-0.39, 0.29) is 17.5 Å². The molecule has 3 rings (SSSR count). The van der Waals surface area contributed by atoms with Crippen molar-refractivity contribution in [3.8, 4) is 0 Å². The number of hydrogen-bond donors (Lipinski definition) is 2. The van der Waals surface area contributed by atoms with E-state index >= 15 is 0 Å². The van der Waals surface area contributed by atoms with Gasteiger partial charge in [0.15, 0.2) is 0 Å². The average molecular weight is 462 g/mol. The van der Waals surface area contributed by atoms with Crippen LogP contribution in [0.25, 0.3) is 0 Å². The van der Waals surface area contributed by atoms with Gasteiger partial charge in [0.05, 0.1) is 4.90 Å². The zero-order chi connectivity index (χ0) is 23.1. The number of amides is 2. The van der Waals surface area contributed by atoms with Gasteiger partial charge >= 0.3 is 11.8 Å². The second kappa shape index (κ2) is 10.7. The molecule has 172 valence electrons. The van der Waals surface area contributed by atoms with Crippen molar-refractivity contribution in [1.29, 1.82) is 0 Å². The van der Waals surface area contributed by atoms with Crippen LogP contribution in [0.15, 0.2) is 53.4 Å². The van der Waals surface area contributed by atoms with Gasteiger partial charge < -0.3 is 10.6 Å². The SMILES string of the molecule is CCc1ccc(NC(=O)C(=O)NCC[C@@H]2CCCCN2S(=O)(=O)c2ccc(F)cc2)cc1. The Hall–Kier alpha value is -2.78. The zero-order valence-electron chi connectivity index (χ0n) is 18.0. The van der Waals surface area contributed by atoms with E-state index in [1.54, 1.807) is 12.1 Å². The van der Waals surface area contributed by atoms with Gasteiger partial charge in [-0.1, -0.05) is 25.5 Å². The fraction of sp³-hybridized carbons (Fsp3) is 0.391. The molecule has 0 aliphatic carbocycles. The first-order chi connectivity index (χ1) is 15.3. The number of nitrogens with one attached hydrogen (secondary N) is 2. The molecule has 1 aliphatic rings. The van der Waals surface area contributed by atoms with Crippen molar-refractivity contribution in [3.05, 3.63) is 59.9 Å². The highest BCUT2D eigenvalue weighted by atomic mass is 32.2. The van der Waals surface area contributed by atoms with E-state index in [0.29, 0.717) is 25.1 Å². The van der Waals surface area contributed by atoms with E-state index in [4.69, 9.17) is 0 Å². The maximum absolute atomic E-state index is 13.2. The summed E-state index contributed by atoms with van der Waals surface area (Å²) in [5.41, 5.74) is 1.66. The van der Waals surface area contributed by atoms with Crippen LogP contribution < -0.4 is 10.6 Å². The average Bonchev–Trinajstić information content (AvgIpc) is 2.80. The minimum atomic E-state index is -3.77. The maximum Gasteiger partial charge on any atom is 0.313 e. The third-order valence-corrected chi connectivity index (χ3v) is 7.55. The lowest BCUT2D eigenvalue weighted by Gasteiger charge is -2.34. The molecule has 1 aliphatic heterocycles. The van der Waals surface area contributed by atoms with Gasteiger partial charge in [-0.05, 0) is 67.6 Å². The second-order valence-electron chi connectivity index (χ2n) is 7.77. The molecule has 2 aromatic rings. The normalized spacial score (nSPS) is 17.0. The number of hydrogen-bond acceptors (Lipinski definition) is 4. The second-order valence-corrected chi connectivity index (χ2v) is 9.66. The number of aryl methyl sites for hydroxylation is 1. The van der Waals surface area contributed by atoms with Gasteiger partial charge in [-0.15, -0.1) is 0 Å². The van der Waals surface area contributed by atoms with Crippen LogP contribution in [-0.4, -0.2) is 43.7 Å². The molecule has 0 unspecified atom stereocenters. The van der Waals surface area contributed by atoms with Gasteiger partial charge in [0.25, 0.3) is 0 Å². The molecule has 1 heterocycles. The van der Waals surface area contributed by atoms with Crippen LogP contribution in [0.2, 0.25) is 0 Å². The molecule has 1 fully saturated rings. The first-order valence-electron chi connectivity index (χ1n) is 10.8. The molecule has 0 spiro atoms. The lowest BCUT2D eigenvalue weighted by molar-refractivity contribution is -0.136. The maximum atomic E-state index is 13.2. The lowest BCUT2D eigenvalue weighted by atomic mass is 10.0. The van der Waals surface area contributed by atoms with Crippen LogP contribution >= 0.6 is 0 Å². The summed E-state index contributed by atoms with van der Waals surface area (Å²) < 4.78 is 40.6. The number of nitrogens with zero attached hydrogens (tertiary/aromatic N) is 1. The van der Waals surface area contributed by atoms with Crippen molar-refractivity contribution in [2.75, 3.05) is 18.4 Å². The summed E-state index contributed by atoms with van der Waals surface area (Å²) >= 11 is 0. The first kappa shape index (κ1) is 23.9. The Bertz CT molecular complexity index is 1040. The molecule has 9 heteroatoms. The first-order valence-corrected chi connectivity index (χ1v) is 12.2. The lowest BCUT2D eigenvalue weighted by Crippen LogP contribution is -2.45. The molecule has 32 heavy (non-hydrogen) atoms. The summed E-state index contributed by atoms with van der Waals surface area (Å²) in [5.74, 6) is -2.04. The van der Waals surface area contributed by atoms with Crippen molar-refractivity contribution in [1.82, 2.24) is 9.62 Å². The van der Waals surface area contributed by atoms with Crippen molar-refractivity contribution >= 4 is 27.5 Å². The summed E-state index contributed by atoms with van der Waals surface area (Å²) in [6.07, 6.45) is 3.53. The Labute approximate surface area is 188 Å². The Kier molecular flexibility index (Phi) is 7.98. The zero-order valence-corrected chi connectivity index (χ0v) is 18.8. The van der Waals surface area contributed by atoms with E-state index in [0.717, 1.165) is 37.0 Å². The summed E-state index contributed by atoms with van der Waals surface area (Å²) in [6.45, 7) is 2.56. The molecule has 7 nitrogen and oxygen atoms in total. The number of halogens is 1. The van der Waals surface area contributed by atoms with Crippen LogP contribution in [0, 0.1) is 5.82 Å². The number of sulfonamides is 1. The van der Waals surface area contributed by atoms with Gasteiger partial charge in [0, 0.05) is 24.8 Å². The van der Waals surface area contributed by atoms with Crippen LogP contribution in [-0.2, 0) is 26.0 Å². The predicted octanol–water partition coefficient (Wildman–Crippen LogP) is 3.08. The Morgan fingerprint density at radius 2 is 1.72 bits per heavy atom. The van der Waals surface area contributed by atoms with Gasteiger partial charge in [0.2, 0.25) is 10.0 Å².